The predicted octanol–water partition coefficient (Wildman–Crippen LogP) is 5.40. The van der Waals surface area contributed by atoms with Crippen LogP contribution < -0.4 is 0 Å². The summed E-state index contributed by atoms with van der Waals surface area (Å²) in [5.74, 6) is -1.57. The quantitative estimate of drug-likeness (QED) is 0.405. The molecule has 0 saturated heterocycles. The number of hydrogen-bond acceptors (Lipinski definition) is 2. The Labute approximate surface area is 162 Å². The summed E-state index contributed by atoms with van der Waals surface area (Å²) < 4.78 is 0. The van der Waals surface area contributed by atoms with E-state index in [0.29, 0.717) is 25.7 Å². The molecule has 0 aliphatic rings. The van der Waals surface area contributed by atoms with E-state index >= 15 is 0 Å². The molecule has 142 valence electrons. The van der Waals surface area contributed by atoms with Crippen molar-refractivity contribution in [3.05, 3.63) is 59.7 Å². The van der Waals surface area contributed by atoms with Crippen LogP contribution in [0.25, 0.3) is 32.3 Å². The molecule has 0 unspecified atom stereocenters. The summed E-state index contributed by atoms with van der Waals surface area (Å²) in [6.07, 6.45) is 2.80. The first-order valence-electron chi connectivity index (χ1n) is 9.66. The molecule has 0 spiro atoms. The van der Waals surface area contributed by atoms with Gasteiger partial charge in [0, 0.05) is 12.8 Å². The summed E-state index contributed by atoms with van der Waals surface area (Å²) in [7, 11) is 0. The molecule has 4 heteroatoms. The normalized spacial score (nSPS) is 11.6. The molecule has 0 fully saturated rings. The number of carbonyl (C=O) groups is 2. The number of aryl methyl sites for hydroxylation is 2. The molecule has 0 amide bonds. The van der Waals surface area contributed by atoms with Crippen LogP contribution in [-0.4, -0.2) is 22.2 Å². The Bertz CT molecular complexity index is 1160. The minimum absolute atomic E-state index is 0.135. The van der Waals surface area contributed by atoms with Crippen LogP contribution >= 0.6 is 0 Å². The first-order valence-corrected chi connectivity index (χ1v) is 9.66. The van der Waals surface area contributed by atoms with Gasteiger partial charge < -0.3 is 10.2 Å². The molecule has 0 heterocycles. The molecule has 4 aromatic rings. The van der Waals surface area contributed by atoms with Gasteiger partial charge in [0.15, 0.2) is 0 Å². The average molecular weight is 374 g/mol. The van der Waals surface area contributed by atoms with Crippen LogP contribution in [0.15, 0.2) is 48.5 Å². The summed E-state index contributed by atoms with van der Waals surface area (Å²) in [6.45, 7) is 0. The van der Waals surface area contributed by atoms with Crippen LogP contribution in [-0.2, 0) is 22.4 Å². The smallest absolute Gasteiger partial charge is 0.303 e. The molecule has 0 aliphatic carbocycles. The molecule has 4 rings (SSSR count). The Morgan fingerprint density at radius 2 is 1.32 bits per heavy atom. The maximum atomic E-state index is 11.0. The largest absolute Gasteiger partial charge is 0.481 e. The van der Waals surface area contributed by atoms with Gasteiger partial charge in [-0.25, -0.2) is 0 Å². The molecule has 4 nitrogen and oxygen atoms in total. The highest BCUT2D eigenvalue weighted by Gasteiger charge is 2.15. The molecule has 0 atom stereocenters. The third-order valence-corrected chi connectivity index (χ3v) is 5.51. The van der Waals surface area contributed by atoms with E-state index < -0.39 is 11.9 Å². The zero-order valence-corrected chi connectivity index (χ0v) is 15.6. The van der Waals surface area contributed by atoms with Crippen molar-refractivity contribution in [1.29, 1.82) is 0 Å². The van der Waals surface area contributed by atoms with Crippen molar-refractivity contribution in [2.24, 2.45) is 0 Å². The Kier molecular flexibility index (Phi) is 4.86. The standard InChI is InChI=1S/C24H22O4/c25-21(26)8-2-6-17-14-18-11-10-15-4-1-5-16-12-13-20(24(18)23(15)16)19(17)7-3-9-22(27)28/h1,4-5,10-14H,2-3,6-9H2,(H,25,26)(H,27,28). The lowest BCUT2D eigenvalue weighted by Gasteiger charge is -2.18. The maximum Gasteiger partial charge on any atom is 0.303 e. The predicted molar refractivity (Wildman–Crippen MR) is 111 cm³/mol. The molecule has 4 aromatic carbocycles. The Morgan fingerprint density at radius 3 is 2.00 bits per heavy atom. The van der Waals surface area contributed by atoms with Crippen LogP contribution in [0.4, 0.5) is 0 Å². The van der Waals surface area contributed by atoms with Crippen LogP contribution in [0, 0.1) is 0 Å². The molecule has 0 aliphatic heterocycles. The van der Waals surface area contributed by atoms with E-state index in [4.69, 9.17) is 10.2 Å². The fraction of sp³-hybridized carbons (Fsp3) is 0.250. The van der Waals surface area contributed by atoms with Crippen molar-refractivity contribution in [1.82, 2.24) is 0 Å². The third-order valence-electron chi connectivity index (χ3n) is 5.51. The van der Waals surface area contributed by atoms with E-state index in [1.54, 1.807) is 0 Å². The van der Waals surface area contributed by atoms with Gasteiger partial charge in [0.05, 0.1) is 0 Å². The zero-order chi connectivity index (χ0) is 19.7. The minimum atomic E-state index is -0.787. The number of hydrogen-bond donors (Lipinski definition) is 2. The zero-order valence-electron chi connectivity index (χ0n) is 15.6. The first kappa shape index (κ1) is 18.2. The minimum Gasteiger partial charge on any atom is -0.481 e. The van der Waals surface area contributed by atoms with Crippen molar-refractivity contribution in [3.63, 3.8) is 0 Å². The van der Waals surface area contributed by atoms with Crippen LogP contribution in [0.1, 0.15) is 36.8 Å². The SMILES string of the molecule is O=C(O)CCCc1cc2ccc3cccc4ccc(c1CCCC(=O)O)c2c34. The highest BCUT2D eigenvalue weighted by atomic mass is 16.4. The van der Waals surface area contributed by atoms with E-state index in [0.717, 1.165) is 21.9 Å². The average Bonchev–Trinajstić information content (AvgIpc) is 2.67. The van der Waals surface area contributed by atoms with Crippen LogP contribution in [0.2, 0.25) is 0 Å². The maximum absolute atomic E-state index is 11.0. The lowest BCUT2D eigenvalue weighted by molar-refractivity contribution is -0.138. The summed E-state index contributed by atoms with van der Waals surface area (Å²) in [4.78, 5) is 21.9. The van der Waals surface area contributed by atoms with Crippen LogP contribution in [0.3, 0.4) is 0 Å². The van der Waals surface area contributed by atoms with E-state index in [2.05, 4.69) is 48.5 Å². The molecule has 0 aromatic heterocycles. The summed E-state index contributed by atoms with van der Waals surface area (Å²) >= 11 is 0. The second kappa shape index (κ2) is 7.47. The Hall–Kier alpha value is -3.14. The number of aliphatic carboxylic acids is 2. The van der Waals surface area contributed by atoms with E-state index in [1.165, 1.54) is 21.5 Å². The van der Waals surface area contributed by atoms with Crippen molar-refractivity contribution in [3.8, 4) is 0 Å². The van der Waals surface area contributed by atoms with Gasteiger partial charge in [-0.05, 0) is 69.1 Å². The number of rotatable bonds is 8. The fourth-order valence-corrected chi connectivity index (χ4v) is 4.29. The highest BCUT2D eigenvalue weighted by Crippen LogP contribution is 2.38. The second-order valence-corrected chi connectivity index (χ2v) is 7.36. The van der Waals surface area contributed by atoms with Gasteiger partial charge >= 0.3 is 11.9 Å². The van der Waals surface area contributed by atoms with Crippen LogP contribution in [0.5, 0.6) is 0 Å². The van der Waals surface area contributed by atoms with Gasteiger partial charge in [-0.2, -0.15) is 0 Å². The number of carboxylic acids is 2. The topological polar surface area (TPSA) is 74.6 Å². The van der Waals surface area contributed by atoms with Gasteiger partial charge in [0.25, 0.3) is 0 Å². The van der Waals surface area contributed by atoms with E-state index in [1.807, 2.05) is 0 Å². The summed E-state index contributed by atoms with van der Waals surface area (Å²) in [6, 6.07) is 17.0. The van der Waals surface area contributed by atoms with Crippen molar-refractivity contribution in [2.45, 2.75) is 38.5 Å². The monoisotopic (exact) mass is 374 g/mol. The fourth-order valence-electron chi connectivity index (χ4n) is 4.29. The highest BCUT2D eigenvalue weighted by molar-refractivity contribution is 6.23. The van der Waals surface area contributed by atoms with Gasteiger partial charge in [0.1, 0.15) is 0 Å². The van der Waals surface area contributed by atoms with Crippen molar-refractivity contribution < 1.29 is 19.8 Å². The molecular formula is C24H22O4. The summed E-state index contributed by atoms with van der Waals surface area (Å²) in [5, 5.41) is 25.2. The lowest BCUT2D eigenvalue weighted by atomic mass is 9.86. The Morgan fingerprint density at radius 1 is 0.714 bits per heavy atom. The second-order valence-electron chi connectivity index (χ2n) is 7.36. The molecule has 0 radical (unpaired) electrons. The number of carboxylic acid groups (broad SMARTS) is 2. The molecule has 0 saturated carbocycles. The van der Waals surface area contributed by atoms with Gasteiger partial charge in [-0.15, -0.1) is 0 Å². The lowest BCUT2D eigenvalue weighted by Crippen LogP contribution is -2.02. The summed E-state index contributed by atoms with van der Waals surface area (Å²) in [5.41, 5.74) is 2.30. The Balaban J connectivity index is 1.87. The van der Waals surface area contributed by atoms with Crippen molar-refractivity contribution in [2.75, 3.05) is 0 Å². The van der Waals surface area contributed by atoms with Gasteiger partial charge in [0.2, 0.25) is 0 Å². The molecule has 0 bridgehead atoms. The van der Waals surface area contributed by atoms with Gasteiger partial charge in [-0.3, -0.25) is 9.59 Å². The van der Waals surface area contributed by atoms with E-state index in [9.17, 15) is 9.59 Å². The molecular weight excluding hydrogens is 352 g/mol. The van der Waals surface area contributed by atoms with E-state index in [-0.39, 0.29) is 12.8 Å². The number of benzene rings is 4. The first-order chi connectivity index (χ1) is 13.5. The van der Waals surface area contributed by atoms with Crippen molar-refractivity contribution >= 4 is 44.3 Å². The van der Waals surface area contributed by atoms with Gasteiger partial charge in [-0.1, -0.05) is 48.5 Å². The third kappa shape index (κ3) is 3.38. The molecule has 28 heavy (non-hydrogen) atoms. The molecule has 2 N–H and O–H groups in total.